The summed E-state index contributed by atoms with van der Waals surface area (Å²) in [7, 11) is 3.34. The van der Waals surface area contributed by atoms with Gasteiger partial charge in [-0.05, 0) is 118 Å². The molecular formula is C21H22Br4O2. The molecule has 0 N–H and O–H groups in total. The van der Waals surface area contributed by atoms with Crippen molar-refractivity contribution in [2.45, 2.75) is 32.6 Å². The molecule has 0 amide bonds. The summed E-state index contributed by atoms with van der Waals surface area (Å²) < 4.78 is 14.6. The molecule has 0 saturated heterocycles. The zero-order valence-corrected chi connectivity index (χ0v) is 21.9. The highest BCUT2D eigenvalue weighted by Crippen LogP contribution is 2.41. The van der Waals surface area contributed by atoms with Crippen LogP contribution >= 0.6 is 63.7 Å². The van der Waals surface area contributed by atoms with Crippen LogP contribution < -0.4 is 9.47 Å². The molecule has 27 heavy (non-hydrogen) atoms. The molecule has 0 atom stereocenters. The summed E-state index contributed by atoms with van der Waals surface area (Å²) in [6, 6.07) is 8.39. The van der Waals surface area contributed by atoms with Crippen molar-refractivity contribution < 1.29 is 9.47 Å². The van der Waals surface area contributed by atoms with E-state index in [0.29, 0.717) is 0 Å². The number of methoxy groups -OCH3 is 2. The number of hydrogen-bond donors (Lipinski definition) is 0. The lowest BCUT2D eigenvalue weighted by molar-refractivity contribution is 0.409. The quantitative estimate of drug-likeness (QED) is 0.273. The van der Waals surface area contributed by atoms with E-state index in [1.165, 1.54) is 24.8 Å². The Kier molecular flexibility index (Phi) is 9.39. The minimum absolute atomic E-state index is 0.793. The maximum atomic E-state index is 5.45. The normalized spacial score (nSPS) is 10.6. The summed E-state index contributed by atoms with van der Waals surface area (Å²) in [4.78, 5) is 0. The highest BCUT2D eigenvalue weighted by atomic mass is 79.9. The Hall–Kier alpha value is -0.300. The molecule has 0 spiro atoms. The minimum Gasteiger partial charge on any atom is -0.494 e. The van der Waals surface area contributed by atoms with Gasteiger partial charge in [-0.1, -0.05) is 25.8 Å². The van der Waals surface area contributed by atoms with Crippen molar-refractivity contribution in [1.82, 2.24) is 0 Å². The van der Waals surface area contributed by atoms with Gasteiger partial charge in [0.25, 0.3) is 0 Å². The first kappa shape index (κ1) is 23.0. The van der Waals surface area contributed by atoms with Gasteiger partial charge in [-0.3, -0.25) is 0 Å². The zero-order valence-electron chi connectivity index (χ0n) is 15.5. The molecule has 2 aromatic carbocycles. The molecule has 146 valence electrons. The molecule has 0 saturated carbocycles. The van der Waals surface area contributed by atoms with Gasteiger partial charge >= 0.3 is 0 Å². The molecule has 6 heteroatoms. The van der Waals surface area contributed by atoms with Crippen molar-refractivity contribution in [3.05, 3.63) is 59.4 Å². The van der Waals surface area contributed by atoms with Gasteiger partial charge in [0.1, 0.15) is 11.5 Å². The van der Waals surface area contributed by atoms with Crippen LogP contribution in [0.25, 0.3) is 5.57 Å². The molecule has 2 nitrogen and oxygen atoms in total. The maximum Gasteiger partial charge on any atom is 0.147 e. The average Bonchev–Trinajstić information content (AvgIpc) is 2.61. The van der Waals surface area contributed by atoms with Crippen LogP contribution in [0.3, 0.4) is 0 Å². The van der Waals surface area contributed by atoms with Gasteiger partial charge in [0.15, 0.2) is 0 Å². The highest BCUT2D eigenvalue weighted by Gasteiger charge is 2.15. The number of allylic oxidation sites excluding steroid dienone is 1. The molecule has 0 fully saturated rings. The Morgan fingerprint density at radius 3 is 1.52 bits per heavy atom. The fourth-order valence-corrected chi connectivity index (χ4v) is 5.88. The predicted molar refractivity (Wildman–Crippen MR) is 128 cm³/mol. The van der Waals surface area contributed by atoms with Crippen molar-refractivity contribution in [1.29, 1.82) is 0 Å². The smallest absolute Gasteiger partial charge is 0.147 e. The summed E-state index contributed by atoms with van der Waals surface area (Å²) in [6.45, 7) is 2.22. The first-order valence-corrected chi connectivity index (χ1v) is 11.9. The molecule has 0 aromatic heterocycles. The summed E-state index contributed by atoms with van der Waals surface area (Å²) >= 11 is 14.5. The fraction of sp³-hybridized carbons (Fsp3) is 0.333. The molecule has 0 heterocycles. The summed E-state index contributed by atoms with van der Waals surface area (Å²) in [5, 5.41) is 0. The van der Waals surface area contributed by atoms with E-state index < -0.39 is 0 Å². The first-order valence-electron chi connectivity index (χ1n) is 8.69. The van der Waals surface area contributed by atoms with Crippen LogP contribution in [0.4, 0.5) is 0 Å². The Morgan fingerprint density at radius 2 is 1.19 bits per heavy atom. The standard InChI is InChI=1S/C21H22Br4O2/c1-4-5-6-7-8-15(13-9-16(22)20(26-2)17(23)10-13)14-11-18(24)21(27-3)19(25)12-14/h8-12H,4-7H2,1-3H3. The van der Waals surface area contributed by atoms with Crippen LogP contribution in [0.2, 0.25) is 0 Å². The second-order valence-corrected chi connectivity index (χ2v) is 9.48. The summed E-state index contributed by atoms with van der Waals surface area (Å²) in [5.74, 6) is 1.59. The minimum atomic E-state index is 0.793. The average molecular weight is 626 g/mol. The van der Waals surface area contributed by atoms with E-state index in [9.17, 15) is 0 Å². The van der Waals surface area contributed by atoms with Gasteiger partial charge in [-0.25, -0.2) is 0 Å². The third-order valence-electron chi connectivity index (χ3n) is 4.18. The second-order valence-electron chi connectivity index (χ2n) is 6.06. The molecule has 2 rings (SSSR count). The maximum absolute atomic E-state index is 5.45. The molecular weight excluding hydrogens is 604 g/mol. The number of benzene rings is 2. The van der Waals surface area contributed by atoms with Crippen LogP contribution in [-0.4, -0.2) is 14.2 Å². The van der Waals surface area contributed by atoms with Crippen LogP contribution in [0.15, 0.2) is 48.2 Å². The van der Waals surface area contributed by atoms with Crippen molar-refractivity contribution in [2.75, 3.05) is 14.2 Å². The molecule has 0 radical (unpaired) electrons. The van der Waals surface area contributed by atoms with Gasteiger partial charge in [0.2, 0.25) is 0 Å². The van der Waals surface area contributed by atoms with E-state index in [2.05, 4.69) is 101 Å². The van der Waals surface area contributed by atoms with Gasteiger partial charge in [0.05, 0.1) is 32.1 Å². The van der Waals surface area contributed by atoms with Crippen LogP contribution in [0.1, 0.15) is 43.7 Å². The summed E-state index contributed by atoms with van der Waals surface area (Å²) in [6.07, 6.45) is 6.97. The first-order chi connectivity index (χ1) is 12.9. The third-order valence-corrected chi connectivity index (χ3v) is 6.54. The number of ether oxygens (including phenoxy) is 2. The highest BCUT2D eigenvalue weighted by molar-refractivity contribution is 9.11. The molecule has 0 unspecified atom stereocenters. The molecule has 2 aromatic rings. The van der Waals surface area contributed by atoms with Gasteiger partial charge in [-0.2, -0.15) is 0 Å². The Bertz CT molecular complexity index is 723. The molecule has 0 aliphatic rings. The number of unbranched alkanes of at least 4 members (excludes halogenated alkanes) is 3. The van der Waals surface area contributed by atoms with Crippen LogP contribution in [0, 0.1) is 0 Å². The van der Waals surface area contributed by atoms with Crippen molar-refractivity contribution in [2.24, 2.45) is 0 Å². The van der Waals surface area contributed by atoms with Crippen LogP contribution in [-0.2, 0) is 0 Å². The monoisotopic (exact) mass is 622 g/mol. The fourth-order valence-electron chi connectivity index (χ4n) is 2.86. The Labute approximate surface area is 195 Å². The Morgan fingerprint density at radius 1 is 0.778 bits per heavy atom. The largest absolute Gasteiger partial charge is 0.494 e. The number of halogens is 4. The van der Waals surface area contributed by atoms with Crippen LogP contribution in [0.5, 0.6) is 11.5 Å². The lowest BCUT2D eigenvalue weighted by atomic mass is 9.96. The number of rotatable bonds is 8. The van der Waals surface area contributed by atoms with E-state index in [0.717, 1.165) is 46.9 Å². The topological polar surface area (TPSA) is 18.5 Å². The van der Waals surface area contributed by atoms with Crippen molar-refractivity contribution >= 4 is 69.3 Å². The lowest BCUT2D eigenvalue weighted by Crippen LogP contribution is -1.95. The lowest BCUT2D eigenvalue weighted by Gasteiger charge is -2.15. The van der Waals surface area contributed by atoms with E-state index in [1.807, 2.05) is 0 Å². The SMILES string of the molecule is CCCCCC=C(c1cc(Br)c(OC)c(Br)c1)c1cc(Br)c(OC)c(Br)c1. The third kappa shape index (κ3) is 5.84. The van der Waals surface area contributed by atoms with Gasteiger partial charge in [-0.15, -0.1) is 0 Å². The number of hydrogen-bond acceptors (Lipinski definition) is 2. The van der Waals surface area contributed by atoms with Gasteiger partial charge < -0.3 is 9.47 Å². The van der Waals surface area contributed by atoms with E-state index in [1.54, 1.807) is 14.2 Å². The molecule has 0 bridgehead atoms. The van der Waals surface area contributed by atoms with Crippen molar-refractivity contribution in [3.8, 4) is 11.5 Å². The zero-order chi connectivity index (χ0) is 20.0. The van der Waals surface area contributed by atoms with Crippen molar-refractivity contribution in [3.63, 3.8) is 0 Å². The summed E-state index contributed by atoms with van der Waals surface area (Å²) in [5.41, 5.74) is 3.42. The second kappa shape index (κ2) is 11.0. The van der Waals surface area contributed by atoms with Gasteiger partial charge in [0, 0.05) is 0 Å². The Balaban J connectivity index is 2.56. The van der Waals surface area contributed by atoms with E-state index >= 15 is 0 Å². The molecule has 0 aliphatic heterocycles. The van der Waals surface area contributed by atoms with E-state index in [4.69, 9.17) is 9.47 Å². The molecule has 0 aliphatic carbocycles. The van der Waals surface area contributed by atoms with E-state index in [-0.39, 0.29) is 0 Å². The predicted octanol–water partition coefficient (Wildman–Crippen LogP) is 8.77.